The lowest BCUT2D eigenvalue weighted by molar-refractivity contribution is -0.125. The molecule has 0 fully saturated rings. The number of amides is 4. The molecule has 0 spiro atoms. The van der Waals surface area contributed by atoms with Crippen LogP contribution in [0.4, 0.5) is 21.9 Å². The van der Waals surface area contributed by atoms with E-state index in [1.165, 1.54) is 9.80 Å². The van der Waals surface area contributed by atoms with Crippen LogP contribution in [0, 0.1) is 0 Å². The van der Waals surface area contributed by atoms with Crippen LogP contribution in [0.3, 0.4) is 0 Å². The fourth-order valence-corrected chi connectivity index (χ4v) is 5.51. The zero-order valence-corrected chi connectivity index (χ0v) is 26.0. The number of carbonyl (C=O) groups is 3. The molecule has 2 atom stereocenters. The molecule has 10 heteroatoms. The number of nitrogens with two attached hydrogens (primary N) is 1. The Morgan fingerprint density at radius 1 is 1.00 bits per heavy atom. The number of primary amides is 1. The van der Waals surface area contributed by atoms with E-state index in [2.05, 4.69) is 5.32 Å². The van der Waals surface area contributed by atoms with Gasteiger partial charge in [0.05, 0.1) is 0 Å². The predicted octanol–water partition coefficient (Wildman–Crippen LogP) is 6.19. The Kier molecular flexibility index (Phi) is 9.38. The summed E-state index contributed by atoms with van der Waals surface area (Å²) >= 11 is 12.7. The van der Waals surface area contributed by atoms with E-state index in [0.29, 0.717) is 27.8 Å². The van der Waals surface area contributed by atoms with Crippen LogP contribution in [0.1, 0.15) is 50.7 Å². The number of carbonyl (C=O) groups excluding carboxylic acids is 3. The molecule has 3 N–H and O–H groups in total. The number of halogens is 2. The van der Waals surface area contributed by atoms with Gasteiger partial charge in [0.2, 0.25) is 5.91 Å². The molecule has 0 radical (unpaired) electrons. The molecule has 4 amide bonds. The van der Waals surface area contributed by atoms with Gasteiger partial charge in [0.25, 0.3) is 5.91 Å². The van der Waals surface area contributed by atoms with Crippen LogP contribution in [-0.4, -0.2) is 50.1 Å². The minimum absolute atomic E-state index is 0.211. The zero-order valence-electron chi connectivity index (χ0n) is 24.5. The first-order valence-corrected chi connectivity index (χ1v) is 14.6. The van der Waals surface area contributed by atoms with E-state index >= 15 is 0 Å². The van der Waals surface area contributed by atoms with Gasteiger partial charge >= 0.3 is 6.03 Å². The van der Waals surface area contributed by atoms with Crippen LogP contribution in [0.2, 0.25) is 10.0 Å². The summed E-state index contributed by atoms with van der Waals surface area (Å²) in [6, 6.07) is 18.2. The quantitative estimate of drug-likeness (QED) is 0.318. The van der Waals surface area contributed by atoms with Crippen molar-refractivity contribution in [2.45, 2.75) is 51.1 Å². The highest BCUT2D eigenvalue weighted by molar-refractivity contribution is 6.31. The van der Waals surface area contributed by atoms with Crippen LogP contribution in [0.15, 0.2) is 66.7 Å². The Balaban J connectivity index is 1.91. The molecule has 1 aliphatic heterocycles. The van der Waals surface area contributed by atoms with Gasteiger partial charge in [0.1, 0.15) is 12.6 Å². The molecule has 1 heterocycles. The summed E-state index contributed by atoms with van der Waals surface area (Å²) in [5, 5.41) is 4.01. The highest BCUT2D eigenvalue weighted by Crippen LogP contribution is 2.42. The third-order valence-corrected chi connectivity index (χ3v) is 8.27. The van der Waals surface area contributed by atoms with Crippen molar-refractivity contribution in [3.63, 3.8) is 0 Å². The number of nitrogens with one attached hydrogen (secondary N) is 1. The fraction of sp³-hybridized carbons (Fsp3) is 0.344. The third kappa shape index (κ3) is 6.82. The second-order valence-electron chi connectivity index (χ2n) is 11.4. The van der Waals surface area contributed by atoms with Crippen molar-refractivity contribution in [2.75, 3.05) is 35.3 Å². The lowest BCUT2D eigenvalue weighted by Gasteiger charge is -2.33. The molecule has 222 valence electrons. The minimum Gasteiger partial charge on any atom is -0.378 e. The maximum Gasteiger partial charge on any atom is 0.320 e. The Bertz CT molecular complexity index is 1480. The Morgan fingerprint density at radius 3 is 2.26 bits per heavy atom. The van der Waals surface area contributed by atoms with Gasteiger partial charge in [-0.25, -0.2) is 4.79 Å². The van der Waals surface area contributed by atoms with Crippen molar-refractivity contribution in [3.05, 3.63) is 87.9 Å². The first-order chi connectivity index (χ1) is 19.8. The smallest absolute Gasteiger partial charge is 0.320 e. The van der Waals surface area contributed by atoms with Gasteiger partial charge in [0.15, 0.2) is 0 Å². The van der Waals surface area contributed by atoms with Crippen LogP contribution in [0.25, 0.3) is 0 Å². The lowest BCUT2D eigenvalue weighted by atomic mass is 9.85. The van der Waals surface area contributed by atoms with Crippen LogP contribution in [0.5, 0.6) is 0 Å². The van der Waals surface area contributed by atoms with Gasteiger partial charge in [0, 0.05) is 52.7 Å². The summed E-state index contributed by atoms with van der Waals surface area (Å²) in [5.74, 6) is -1.11. The molecule has 4 rings (SSSR count). The van der Waals surface area contributed by atoms with Gasteiger partial charge < -0.3 is 20.9 Å². The summed E-state index contributed by atoms with van der Waals surface area (Å²) in [6.07, 6.45) is 0.914. The normalized spacial score (nSPS) is 16.8. The first-order valence-electron chi connectivity index (χ1n) is 13.8. The van der Waals surface area contributed by atoms with Gasteiger partial charge in [-0.1, -0.05) is 54.4 Å². The molecule has 0 saturated heterocycles. The van der Waals surface area contributed by atoms with Crippen molar-refractivity contribution >= 4 is 58.1 Å². The minimum atomic E-state index is -1.03. The second-order valence-corrected chi connectivity index (χ2v) is 12.3. The van der Waals surface area contributed by atoms with E-state index in [1.54, 1.807) is 30.3 Å². The van der Waals surface area contributed by atoms with E-state index < -0.39 is 23.5 Å². The second kappa shape index (κ2) is 12.6. The highest BCUT2D eigenvalue weighted by Gasteiger charge is 2.41. The number of benzene rings is 3. The molecule has 2 unspecified atom stereocenters. The summed E-state index contributed by atoms with van der Waals surface area (Å²) in [4.78, 5) is 45.8. The number of anilines is 3. The first kappa shape index (κ1) is 31.2. The summed E-state index contributed by atoms with van der Waals surface area (Å²) in [5.41, 5.74) is 9.04. The molecule has 3 aromatic carbocycles. The van der Waals surface area contributed by atoms with Crippen LogP contribution >= 0.6 is 23.2 Å². The van der Waals surface area contributed by atoms with Crippen molar-refractivity contribution in [1.29, 1.82) is 0 Å². The number of fused-ring (bicyclic) bond motifs is 1. The third-order valence-electron chi connectivity index (χ3n) is 7.78. The summed E-state index contributed by atoms with van der Waals surface area (Å²) in [7, 11) is 3.78. The molecule has 0 bridgehead atoms. The molecule has 8 nitrogen and oxygen atoms in total. The molecule has 42 heavy (non-hydrogen) atoms. The van der Waals surface area contributed by atoms with E-state index in [9.17, 15) is 14.4 Å². The zero-order chi connectivity index (χ0) is 30.8. The topological polar surface area (TPSA) is 99.0 Å². The summed E-state index contributed by atoms with van der Waals surface area (Å²) < 4.78 is 0. The largest absolute Gasteiger partial charge is 0.378 e. The number of rotatable bonds is 8. The Hall–Kier alpha value is -3.75. The van der Waals surface area contributed by atoms with Crippen molar-refractivity contribution in [3.8, 4) is 0 Å². The predicted molar refractivity (Wildman–Crippen MR) is 171 cm³/mol. The van der Waals surface area contributed by atoms with Crippen molar-refractivity contribution in [2.24, 2.45) is 5.73 Å². The molecule has 1 aliphatic rings. The van der Waals surface area contributed by atoms with E-state index in [0.717, 1.165) is 16.8 Å². The molecular formula is C32H37Cl2N5O3. The molecule has 0 aromatic heterocycles. The van der Waals surface area contributed by atoms with Gasteiger partial charge in [-0.15, -0.1) is 0 Å². The SMILES string of the molecule is CCC(C)(C)NC(=O)CN1C(=O)C(N(C(N)=O)c2cccc(N(C)C)c2)CC(c2ccc(Cl)cc2)c2ccc(Cl)cc21. The van der Waals surface area contributed by atoms with Crippen LogP contribution in [-0.2, 0) is 9.59 Å². The van der Waals surface area contributed by atoms with Gasteiger partial charge in [-0.2, -0.15) is 0 Å². The fourth-order valence-electron chi connectivity index (χ4n) is 5.22. The number of hydrogen-bond donors (Lipinski definition) is 2. The molecule has 0 saturated carbocycles. The molecule has 0 aliphatic carbocycles. The average Bonchev–Trinajstić information content (AvgIpc) is 3.04. The monoisotopic (exact) mass is 609 g/mol. The van der Waals surface area contributed by atoms with Gasteiger partial charge in [-0.3, -0.25) is 14.5 Å². The number of urea groups is 1. The Labute approximate surface area is 257 Å². The number of nitrogens with zero attached hydrogens (tertiary/aromatic N) is 3. The maximum absolute atomic E-state index is 14.6. The van der Waals surface area contributed by atoms with E-state index in [-0.39, 0.29) is 24.8 Å². The maximum atomic E-state index is 14.6. The molecular weight excluding hydrogens is 573 g/mol. The summed E-state index contributed by atoms with van der Waals surface area (Å²) in [6.45, 7) is 5.56. The molecule has 3 aromatic rings. The van der Waals surface area contributed by atoms with E-state index in [1.807, 2.05) is 76.2 Å². The average molecular weight is 611 g/mol. The highest BCUT2D eigenvalue weighted by atomic mass is 35.5. The van der Waals surface area contributed by atoms with Gasteiger partial charge in [-0.05, 0) is 80.3 Å². The Morgan fingerprint density at radius 2 is 1.64 bits per heavy atom. The number of hydrogen-bond acceptors (Lipinski definition) is 4. The van der Waals surface area contributed by atoms with Crippen molar-refractivity contribution in [1.82, 2.24) is 5.32 Å². The van der Waals surface area contributed by atoms with Crippen molar-refractivity contribution < 1.29 is 14.4 Å². The standard InChI is InChI=1S/C32H37Cl2N5O3/c1-6-32(2,3)36-29(40)19-38-27-16-22(34)14-15-25(27)26(20-10-12-21(33)13-11-20)18-28(30(38)41)39(31(35)42)24-9-7-8-23(17-24)37(4)5/h7-17,26,28H,6,18-19H2,1-5H3,(H2,35,42)(H,36,40). The van der Waals surface area contributed by atoms with E-state index in [4.69, 9.17) is 28.9 Å². The lowest BCUT2D eigenvalue weighted by Crippen LogP contribution is -2.55. The van der Waals surface area contributed by atoms with Crippen LogP contribution < -0.4 is 25.8 Å².